The average Bonchev–Trinajstić information content (AvgIpc) is 3.26. The lowest BCUT2D eigenvalue weighted by atomic mass is 10.0. The van der Waals surface area contributed by atoms with Crippen molar-refractivity contribution < 1.29 is 24.3 Å². The first-order valence-electron chi connectivity index (χ1n) is 11.4. The van der Waals surface area contributed by atoms with Crippen molar-refractivity contribution in [1.82, 2.24) is 15.5 Å². The highest BCUT2D eigenvalue weighted by molar-refractivity contribution is 7.98. The Balaban J connectivity index is 2.84. The fraction of sp³-hybridized carbons (Fsp3) is 0.762. The summed E-state index contributed by atoms with van der Waals surface area (Å²) in [6.45, 7) is 4.22. The van der Waals surface area contributed by atoms with Gasteiger partial charge < -0.3 is 37.8 Å². The van der Waals surface area contributed by atoms with Gasteiger partial charge in [-0.25, -0.2) is 4.79 Å². The summed E-state index contributed by atoms with van der Waals surface area (Å²) >= 11 is 1.52. The molecule has 0 bridgehead atoms. The van der Waals surface area contributed by atoms with Crippen molar-refractivity contribution in [3.8, 4) is 0 Å². The SMILES string of the molecule is CSCCC(NC(=O)C(N)CCCN=C(N)N)C(=O)NC(C(=O)N1CCCC1C(=O)O)C(C)C. The Kier molecular flexibility index (Phi) is 12.7. The van der Waals surface area contributed by atoms with Crippen LogP contribution in [-0.2, 0) is 19.2 Å². The number of amides is 3. The number of nitrogens with two attached hydrogens (primary N) is 3. The number of hydrogen-bond donors (Lipinski definition) is 6. The maximum Gasteiger partial charge on any atom is 0.326 e. The highest BCUT2D eigenvalue weighted by atomic mass is 32.2. The van der Waals surface area contributed by atoms with E-state index in [1.807, 2.05) is 6.26 Å². The van der Waals surface area contributed by atoms with E-state index < -0.39 is 47.9 Å². The van der Waals surface area contributed by atoms with Gasteiger partial charge in [-0.15, -0.1) is 0 Å². The summed E-state index contributed by atoms with van der Waals surface area (Å²) in [5.74, 6) is -2.19. The molecule has 9 N–H and O–H groups in total. The van der Waals surface area contributed by atoms with E-state index in [-0.39, 0.29) is 11.9 Å². The van der Waals surface area contributed by atoms with Crippen molar-refractivity contribution >= 4 is 41.4 Å². The molecule has 13 heteroatoms. The van der Waals surface area contributed by atoms with E-state index in [1.54, 1.807) is 13.8 Å². The summed E-state index contributed by atoms with van der Waals surface area (Å²) in [5.41, 5.74) is 16.5. The molecule has 0 spiro atoms. The lowest BCUT2D eigenvalue weighted by Crippen LogP contribution is -2.58. The highest BCUT2D eigenvalue weighted by Crippen LogP contribution is 2.20. The molecule has 1 aliphatic rings. The van der Waals surface area contributed by atoms with Crippen LogP contribution in [0.1, 0.15) is 46.0 Å². The minimum Gasteiger partial charge on any atom is -0.480 e. The van der Waals surface area contributed by atoms with Crippen LogP contribution < -0.4 is 27.8 Å². The van der Waals surface area contributed by atoms with Gasteiger partial charge in [-0.3, -0.25) is 19.4 Å². The first-order chi connectivity index (χ1) is 16.0. The number of aliphatic imine (C=N–C) groups is 1. The van der Waals surface area contributed by atoms with Crippen LogP contribution in [0.2, 0.25) is 0 Å². The second-order valence-corrected chi connectivity index (χ2v) is 9.64. The van der Waals surface area contributed by atoms with Gasteiger partial charge in [-0.2, -0.15) is 11.8 Å². The Labute approximate surface area is 204 Å². The molecule has 194 valence electrons. The van der Waals surface area contributed by atoms with Crippen LogP contribution in [0, 0.1) is 5.92 Å². The van der Waals surface area contributed by atoms with Crippen LogP contribution in [0.5, 0.6) is 0 Å². The number of carboxylic acids is 1. The average molecular weight is 502 g/mol. The zero-order valence-corrected chi connectivity index (χ0v) is 21.0. The fourth-order valence-electron chi connectivity index (χ4n) is 3.67. The van der Waals surface area contributed by atoms with Crippen LogP contribution in [0.4, 0.5) is 0 Å². The molecule has 3 amide bonds. The molecule has 0 aliphatic carbocycles. The molecule has 4 unspecified atom stereocenters. The topological polar surface area (TPSA) is 206 Å². The predicted octanol–water partition coefficient (Wildman–Crippen LogP) is -1.18. The van der Waals surface area contributed by atoms with Gasteiger partial charge in [0.1, 0.15) is 18.1 Å². The highest BCUT2D eigenvalue weighted by Gasteiger charge is 2.39. The van der Waals surface area contributed by atoms with E-state index in [0.717, 1.165) is 0 Å². The standard InChI is InChI=1S/C21H39N7O5S/c1-12(2)16(19(31)28-10-5-7-15(28)20(32)33)27-18(30)14(8-11-34-3)26-17(29)13(22)6-4-9-25-21(23)24/h12-16H,4-11,22H2,1-3H3,(H,26,29)(H,27,30)(H,32,33)(H4,23,24,25). The Morgan fingerprint density at radius 3 is 2.38 bits per heavy atom. The molecular formula is C21H39N7O5S. The molecule has 1 fully saturated rings. The third-order valence-electron chi connectivity index (χ3n) is 5.60. The molecule has 1 aliphatic heterocycles. The van der Waals surface area contributed by atoms with Gasteiger partial charge in [0.2, 0.25) is 17.7 Å². The smallest absolute Gasteiger partial charge is 0.326 e. The van der Waals surface area contributed by atoms with Crippen LogP contribution >= 0.6 is 11.8 Å². The third-order valence-corrected chi connectivity index (χ3v) is 6.24. The number of guanidine groups is 1. The molecule has 0 radical (unpaired) electrons. The van der Waals surface area contributed by atoms with Crippen LogP contribution in [0.3, 0.4) is 0 Å². The van der Waals surface area contributed by atoms with Gasteiger partial charge in [0.25, 0.3) is 0 Å². The summed E-state index contributed by atoms with van der Waals surface area (Å²) in [6.07, 6.45) is 4.03. The van der Waals surface area contributed by atoms with E-state index in [1.165, 1.54) is 16.7 Å². The number of likely N-dealkylation sites (tertiary alicyclic amines) is 1. The number of rotatable bonds is 14. The molecule has 34 heavy (non-hydrogen) atoms. The second-order valence-electron chi connectivity index (χ2n) is 8.66. The van der Waals surface area contributed by atoms with Crippen LogP contribution in [0.25, 0.3) is 0 Å². The van der Waals surface area contributed by atoms with Crippen molar-refractivity contribution in [3.63, 3.8) is 0 Å². The molecule has 0 aromatic rings. The molecule has 12 nitrogen and oxygen atoms in total. The van der Waals surface area contributed by atoms with Crippen molar-refractivity contribution in [2.45, 2.75) is 70.1 Å². The number of carbonyl (C=O) groups is 4. The minimum absolute atomic E-state index is 0.0373. The molecule has 1 rings (SSSR count). The predicted molar refractivity (Wildman–Crippen MR) is 132 cm³/mol. The number of carbonyl (C=O) groups excluding carboxylic acids is 3. The summed E-state index contributed by atoms with van der Waals surface area (Å²) < 4.78 is 0. The van der Waals surface area contributed by atoms with E-state index in [2.05, 4.69) is 15.6 Å². The van der Waals surface area contributed by atoms with E-state index in [9.17, 15) is 24.3 Å². The van der Waals surface area contributed by atoms with Crippen molar-refractivity contribution in [3.05, 3.63) is 0 Å². The van der Waals surface area contributed by atoms with Gasteiger partial charge in [0.15, 0.2) is 5.96 Å². The summed E-state index contributed by atoms with van der Waals surface area (Å²) in [4.78, 5) is 55.4. The maximum absolute atomic E-state index is 13.1. The summed E-state index contributed by atoms with van der Waals surface area (Å²) in [7, 11) is 0. The Morgan fingerprint density at radius 2 is 1.82 bits per heavy atom. The number of thioether (sulfide) groups is 1. The van der Waals surface area contributed by atoms with Gasteiger partial charge in [0, 0.05) is 13.1 Å². The first kappa shape index (κ1) is 29.5. The monoisotopic (exact) mass is 501 g/mol. The fourth-order valence-corrected chi connectivity index (χ4v) is 4.14. The van der Waals surface area contributed by atoms with Crippen molar-refractivity contribution in [2.24, 2.45) is 28.1 Å². The quantitative estimate of drug-likeness (QED) is 0.0960. The Hall–Kier alpha value is -2.54. The van der Waals surface area contributed by atoms with E-state index in [4.69, 9.17) is 17.2 Å². The maximum atomic E-state index is 13.1. The number of hydrogen-bond acceptors (Lipinski definition) is 7. The van der Waals surface area contributed by atoms with Crippen LogP contribution in [0.15, 0.2) is 4.99 Å². The van der Waals surface area contributed by atoms with E-state index >= 15 is 0 Å². The van der Waals surface area contributed by atoms with Gasteiger partial charge in [-0.1, -0.05) is 13.8 Å². The second kappa shape index (κ2) is 14.7. The number of carboxylic acid groups (broad SMARTS) is 1. The van der Waals surface area contributed by atoms with Gasteiger partial charge in [-0.05, 0) is 50.0 Å². The molecule has 0 aromatic carbocycles. The lowest BCUT2D eigenvalue weighted by Gasteiger charge is -2.30. The lowest BCUT2D eigenvalue weighted by molar-refractivity contribution is -0.150. The van der Waals surface area contributed by atoms with Crippen LogP contribution in [-0.4, -0.2) is 88.9 Å². The number of nitrogens with one attached hydrogen (secondary N) is 2. The van der Waals surface area contributed by atoms with Crippen molar-refractivity contribution in [2.75, 3.05) is 25.1 Å². The summed E-state index contributed by atoms with van der Waals surface area (Å²) in [5, 5.41) is 14.8. The third kappa shape index (κ3) is 9.37. The number of aliphatic carboxylic acids is 1. The van der Waals surface area contributed by atoms with E-state index in [0.29, 0.717) is 50.9 Å². The normalized spacial score (nSPS) is 18.1. The van der Waals surface area contributed by atoms with Gasteiger partial charge in [0.05, 0.1) is 6.04 Å². The molecule has 4 atom stereocenters. The largest absolute Gasteiger partial charge is 0.480 e. The zero-order valence-electron chi connectivity index (χ0n) is 20.2. The minimum atomic E-state index is -1.06. The Morgan fingerprint density at radius 1 is 1.15 bits per heavy atom. The molecule has 0 saturated carbocycles. The van der Waals surface area contributed by atoms with Crippen molar-refractivity contribution in [1.29, 1.82) is 0 Å². The molecule has 1 saturated heterocycles. The Bertz CT molecular complexity index is 745. The molecular weight excluding hydrogens is 462 g/mol. The number of nitrogens with zero attached hydrogens (tertiary/aromatic N) is 2. The first-order valence-corrected chi connectivity index (χ1v) is 12.8. The molecule has 1 heterocycles. The zero-order chi connectivity index (χ0) is 25.8. The molecule has 0 aromatic heterocycles. The van der Waals surface area contributed by atoms with Gasteiger partial charge >= 0.3 is 5.97 Å². The summed E-state index contributed by atoms with van der Waals surface area (Å²) in [6, 6.07) is -3.53.